The van der Waals surface area contributed by atoms with Gasteiger partial charge in [-0.2, -0.15) is 0 Å². The fraction of sp³-hybridized carbons (Fsp3) is 0.206. The monoisotopic (exact) mass is 668 g/mol. The molecule has 2 unspecified atom stereocenters. The van der Waals surface area contributed by atoms with Gasteiger partial charge in [0.2, 0.25) is 0 Å². The van der Waals surface area contributed by atoms with E-state index in [1.54, 1.807) is 62.4 Å². The highest BCUT2D eigenvalue weighted by atomic mass is 32.2. The van der Waals surface area contributed by atoms with Gasteiger partial charge in [0.1, 0.15) is 12.0 Å². The molecule has 1 aromatic rings. The Morgan fingerprint density at radius 3 is 2.21 bits per heavy atom. The Morgan fingerprint density at radius 2 is 1.67 bits per heavy atom. The normalized spacial score (nSPS) is 17.0. The van der Waals surface area contributed by atoms with Crippen LogP contribution in [0.2, 0.25) is 0 Å². The van der Waals surface area contributed by atoms with E-state index >= 15 is 0 Å². The minimum absolute atomic E-state index is 0.0955. The summed E-state index contributed by atoms with van der Waals surface area (Å²) in [5.74, 6) is 15.2. The lowest BCUT2D eigenvalue weighted by Gasteiger charge is -2.18. The molecular formula is C34H28N4O9S. The summed E-state index contributed by atoms with van der Waals surface area (Å²) in [5.41, 5.74) is -4.36. The molecule has 13 nitrogen and oxygen atoms in total. The number of carbonyl (C=O) groups excluding carboxylic acids is 1. The van der Waals surface area contributed by atoms with E-state index in [1.165, 1.54) is 6.92 Å². The third kappa shape index (κ3) is 10.9. The zero-order valence-corrected chi connectivity index (χ0v) is 27.0. The molecule has 0 bridgehead atoms. The van der Waals surface area contributed by atoms with Crippen molar-refractivity contribution < 1.29 is 24.5 Å². The van der Waals surface area contributed by atoms with Gasteiger partial charge in [-0.1, -0.05) is 78.3 Å². The van der Waals surface area contributed by atoms with E-state index in [4.69, 9.17) is 0 Å². The lowest BCUT2D eigenvalue weighted by Crippen LogP contribution is -2.38. The maximum absolute atomic E-state index is 12.2. The molecule has 1 aliphatic carbocycles. The van der Waals surface area contributed by atoms with Gasteiger partial charge in [0.05, 0.1) is 25.9 Å². The number of nitro groups is 4. The summed E-state index contributed by atoms with van der Waals surface area (Å²) in [6.07, 6.45) is 6.89. The van der Waals surface area contributed by atoms with Gasteiger partial charge in [-0.3, -0.25) is 45.3 Å². The van der Waals surface area contributed by atoms with Gasteiger partial charge in [-0.05, 0) is 44.1 Å². The van der Waals surface area contributed by atoms with Crippen molar-refractivity contribution in [3.8, 4) is 35.5 Å². The predicted molar refractivity (Wildman–Crippen MR) is 181 cm³/mol. The lowest BCUT2D eigenvalue weighted by molar-refractivity contribution is -0.544. The number of rotatable bonds is 9. The third-order valence-corrected chi connectivity index (χ3v) is 7.23. The van der Waals surface area contributed by atoms with Gasteiger partial charge in [0.15, 0.2) is 5.12 Å². The van der Waals surface area contributed by atoms with Crippen LogP contribution in [0.3, 0.4) is 0 Å². The molecule has 14 heteroatoms. The first-order valence-corrected chi connectivity index (χ1v) is 14.7. The quantitative estimate of drug-likeness (QED) is 0.131. The Balaban J connectivity index is 2.59. The van der Waals surface area contributed by atoms with Gasteiger partial charge in [-0.25, -0.2) is 0 Å². The molecule has 0 aliphatic heterocycles. The van der Waals surface area contributed by atoms with Crippen molar-refractivity contribution in [2.45, 2.75) is 44.9 Å². The number of thioether (sulfide) groups is 1. The average Bonchev–Trinajstić information content (AvgIpc) is 3.03. The number of nitrogens with zero attached hydrogens (tertiary/aromatic N) is 4. The number of carbonyl (C=O) groups is 1. The molecule has 1 aromatic carbocycles. The van der Waals surface area contributed by atoms with Crippen LogP contribution in [0.25, 0.3) is 0 Å². The molecule has 48 heavy (non-hydrogen) atoms. The molecule has 0 radical (unpaired) electrons. The number of hydrogen-bond donors (Lipinski definition) is 0. The molecule has 2 rings (SSSR count). The minimum Gasteiger partial charge on any atom is -0.288 e. The summed E-state index contributed by atoms with van der Waals surface area (Å²) in [5, 5.41) is 47.4. The van der Waals surface area contributed by atoms with Crippen LogP contribution in [0.1, 0.15) is 39.7 Å². The van der Waals surface area contributed by atoms with E-state index in [1.807, 2.05) is 0 Å². The molecule has 244 valence electrons. The lowest BCUT2D eigenvalue weighted by atomic mass is 9.87. The zero-order valence-electron chi connectivity index (χ0n) is 26.2. The second-order valence-electron chi connectivity index (χ2n) is 9.86. The van der Waals surface area contributed by atoms with Crippen LogP contribution in [-0.2, 0) is 4.79 Å². The van der Waals surface area contributed by atoms with Gasteiger partial charge in [0, 0.05) is 47.3 Å². The van der Waals surface area contributed by atoms with Crippen LogP contribution in [0.4, 0.5) is 0 Å². The van der Waals surface area contributed by atoms with Crippen molar-refractivity contribution in [1.29, 1.82) is 0 Å². The Morgan fingerprint density at radius 1 is 1.00 bits per heavy atom. The summed E-state index contributed by atoms with van der Waals surface area (Å²) >= 11 is 1.08. The van der Waals surface area contributed by atoms with Crippen LogP contribution in [0.5, 0.6) is 0 Å². The molecule has 0 saturated carbocycles. The Kier molecular flexibility index (Phi) is 13.7. The second-order valence-corrected chi connectivity index (χ2v) is 11.4. The summed E-state index contributed by atoms with van der Waals surface area (Å²) in [6, 6.07) is 8.50. The molecule has 0 aromatic heterocycles. The predicted octanol–water partition coefficient (Wildman–Crippen LogP) is 5.99. The summed E-state index contributed by atoms with van der Waals surface area (Å²) in [6.45, 7) is 9.48. The molecule has 0 saturated heterocycles. The summed E-state index contributed by atoms with van der Waals surface area (Å²) in [4.78, 5) is 55.7. The second kappa shape index (κ2) is 17.4. The maximum Gasteiger partial charge on any atom is 0.310 e. The van der Waals surface area contributed by atoms with Crippen molar-refractivity contribution in [1.82, 2.24) is 0 Å². The van der Waals surface area contributed by atoms with Crippen LogP contribution in [0.15, 0.2) is 113 Å². The van der Waals surface area contributed by atoms with E-state index in [-0.39, 0.29) is 21.5 Å². The zero-order chi connectivity index (χ0) is 36.0. The van der Waals surface area contributed by atoms with Crippen LogP contribution >= 0.6 is 11.8 Å². The smallest absolute Gasteiger partial charge is 0.288 e. The van der Waals surface area contributed by atoms with Crippen molar-refractivity contribution in [2.24, 2.45) is 0 Å². The molecule has 0 heterocycles. The van der Waals surface area contributed by atoms with Gasteiger partial charge in [-0.15, -0.1) is 0 Å². The maximum atomic E-state index is 12.2. The third-order valence-electron chi connectivity index (χ3n) is 6.37. The molecule has 2 atom stereocenters. The Labute approximate surface area is 280 Å². The van der Waals surface area contributed by atoms with Crippen molar-refractivity contribution in [3.05, 3.63) is 159 Å². The number of benzene rings is 1. The fourth-order valence-corrected chi connectivity index (χ4v) is 4.46. The Bertz CT molecular complexity index is 1940. The molecule has 0 spiro atoms. The van der Waals surface area contributed by atoms with Crippen molar-refractivity contribution in [2.75, 3.05) is 0 Å². The van der Waals surface area contributed by atoms with E-state index in [0.29, 0.717) is 11.1 Å². The first-order valence-electron chi connectivity index (χ1n) is 13.9. The van der Waals surface area contributed by atoms with Crippen molar-refractivity contribution >= 4 is 16.9 Å². The number of allylic oxidation sites excluding steroid dienone is 9. The fourth-order valence-electron chi connectivity index (χ4n) is 3.78. The molecule has 0 fully saturated rings. The largest absolute Gasteiger partial charge is 0.310 e. The van der Waals surface area contributed by atoms with E-state index in [0.717, 1.165) is 36.9 Å². The van der Waals surface area contributed by atoms with Crippen LogP contribution in [0, 0.1) is 76.0 Å². The van der Waals surface area contributed by atoms with E-state index in [9.17, 15) is 45.3 Å². The number of hydrogen-bond acceptors (Lipinski definition) is 10. The summed E-state index contributed by atoms with van der Waals surface area (Å²) in [7, 11) is 0. The molecular weight excluding hydrogens is 640 g/mol. The molecule has 0 N–H and O–H groups in total. The minimum atomic E-state index is -2.21. The van der Waals surface area contributed by atoms with E-state index in [2.05, 4.69) is 42.1 Å². The highest BCUT2D eigenvalue weighted by Crippen LogP contribution is 2.30. The average molecular weight is 669 g/mol. The van der Waals surface area contributed by atoms with Crippen LogP contribution in [-0.4, -0.2) is 35.6 Å². The first-order chi connectivity index (χ1) is 22.6. The SMILES string of the molecule is C=C(C#Cc1ccccc1)/C(=C\C(C#CC1=C([N+](=O)[O-])CC(C#CC(/C=C\C(C)SC(C)=O)=C/C)([N+](=O)[O-])C=C1)=C(/C)[N+](=O)[O-])[N+](=O)[O-]. The van der Waals surface area contributed by atoms with Gasteiger partial charge in [0.25, 0.3) is 17.1 Å². The standard InChI is InChI=1S/C34H28N4O9S/c1-6-28(15-13-25(3)48-27(5)39)18-20-34(38(46)47)21-19-30(33(23-34)37(44)45)16-17-31(26(4)35(40)41)22-32(36(42)43)24(2)12-14-29-10-8-7-9-11-29/h6-11,13,15,19,21-22,25H,2,23H2,1,3-5H3/b15-13-,28-6+,31-26+,32-22+. The molecule has 1 aliphatic rings. The van der Waals surface area contributed by atoms with Crippen LogP contribution < -0.4 is 0 Å². The highest BCUT2D eigenvalue weighted by molar-refractivity contribution is 8.14. The Hall–Kier alpha value is -6.30. The highest BCUT2D eigenvalue weighted by Gasteiger charge is 2.46. The first kappa shape index (κ1) is 37.9. The van der Waals surface area contributed by atoms with Gasteiger partial charge >= 0.3 is 5.54 Å². The molecule has 0 amide bonds. The topological polar surface area (TPSA) is 190 Å². The van der Waals surface area contributed by atoms with Crippen molar-refractivity contribution in [3.63, 3.8) is 0 Å². The summed E-state index contributed by atoms with van der Waals surface area (Å²) < 4.78 is 0. The van der Waals surface area contributed by atoms with E-state index < -0.39 is 54.3 Å². The van der Waals surface area contributed by atoms with Gasteiger partial charge < -0.3 is 0 Å².